The third-order valence-corrected chi connectivity index (χ3v) is 3.65. The van der Waals surface area contributed by atoms with E-state index in [2.05, 4.69) is 0 Å². The maximum atomic E-state index is 13.3. The fourth-order valence-corrected chi connectivity index (χ4v) is 2.37. The Kier molecular flexibility index (Phi) is 3.91. The van der Waals surface area contributed by atoms with Gasteiger partial charge in [0.2, 0.25) is 5.91 Å². The zero-order chi connectivity index (χ0) is 14.2. The van der Waals surface area contributed by atoms with Gasteiger partial charge in [-0.2, -0.15) is 0 Å². The van der Waals surface area contributed by atoms with Crippen LogP contribution in [0, 0.1) is 21.8 Å². The number of hydrogen-bond donors (Lipinski definition) is 0. The van der Waals surface area contributed by atoms with Gasteiger partial charge in [0.1, 0.15) is 11.5 Å². The number of carbonyl (C=O) groups is 1. The van der Waals surface area contributed by atoms with Crippen LogP contribution in [0.15, 0.2) is 12.1 Å². The fraction of sp³-hybridized carbons (Fsp3) is 0.364. The van der Waals surface area contributed by atoms with Crippen molar-refractivity contribution in [1.82, 2.24) is 0 Å². The highest BCUT2D eigenvalue weighted by molar-refractivity contribution is 6.31. The van der Waals surface area contributed by atoms with Gasteiger partial charge >= 0.3 is 0 Å². The molecule has 0 saturated carbocycles. The second-order valence-corrected chi connectivity index (χ2v) is 4.96. The number of amides is 1. The normalized spacial score (nSPS) is 19.0. The summed E-state index contributed by atoms with van der Waals surface area (Å²) in [5.41, 5.74) is -0.473. The van der Waals surface area contributed by atoms with Crippen LogP contribution in [0.2, 0.25) is 5.02 Å². The average molecular weight is 307 g/mol. The minimum absolute atomic E-state index is 0.00835. The van der Waals surface area contributed by atoms with E-state index in [4.69, 9.17) is 23.2 Å². The first-order valence-electron chi connectivity index (χ1n) is 5.43. The lowest BCUT2D eigenvalue weighted by atomic mass is 10.1. The second-order valence-electron chi connectivity index (χ2n) is 4.24. The smallest absolute Gasteiger partial charge is 0.295 e. The van der Waals surface area contributed by atoms with Crippen LogP contribution in [0.5, 0.6) is 0 Å². The topological polar surface area (TPSA) is 63.5 Å². The average Bonchev–Trinajstić information content (AvgIpc) is 2.73. The summed E-state index contributed by atoms with van der Waals surface area (Å²) in [7, 11) is 0. The van der Waals surface area contributed by atoms with Crippen molar-refractivity contribution in [3.63, 3.8) is 0 Å². The summed E-state index contributed by atoms with van der Waals surface area (Å²) in [6.45, 7) is 0.269. The quantitative estimate of drug-likeness (QED) is 0.490. The number of nitro groups is 1. The van der Waals surface area contributed by atoms with Crippen LogP contribution >= 0.6 is 23.2 Å². The second kappa shape index (κ2) is 5.30. The molecule has 1 aliphatic rings. The predicted molar refractivity (Wildman–Crippen MR) is 69.2 cm³/mol. The van der Waals surface area contributed by atoms with Gasteiger partial charge in [-0.3, -0.25) is 14.9 Å². The SMILES string of the molecule is O=C1CC(CCl)CN1c1cc(Cl)c(F)cc1[N+](=O)[O-]. The number of rotatable bonds is 3. The maximum absolute atomic E-state index is 13.3. The fourth-order valence-electron chi connectivity index (χ4n) is 2.01. The summed E-state index contributed by atoms with van der Waals surface area (Å²) in [6.07, 6.45) is 0.218. The van der Waals surface area contributed by atoms with Crippen LogP contribution in [0.4, 0.5) is 15.8 Å². The lowest BCUT2D eigenvalue weighted by molar-refractivity contribution is -0.384. The molecule has 1 fully saturated rings. The molecule has 1 saturated heterocycles. The number of benzene rings is 1. The van der Waals surface area contributed by atoms with E-state index in [1.54, 1.807) is 0 Å². The van der Waals surface area contributed by atoms with Gasteiger partial charge in [-0.05, 0) is 12.0 Å². The molecule has 1 aliphatic heterocycles. The third kappa shape index (κ3) is 2.64. The van der Waals surface area contributed by atoms with E-state index < -0.39 is 16.4 Å². The van der Waals surface area contributed by atoms with Crippen molar-refractivity contribution in [2.45, 2.75) is 6.42 Å². The zero-order valence-electron chi connectivity index (χ0n) is 9.61. The first kappa shape index (κ1) is 14.0. The molecule has 0 N–H and O–H groups in total. The standard InChI is InChI=1S/C11H9Cl2FN2O3/c12-4-6-1-11(17)15(5-6)9-2-7(13)8(14)3-10(9)16(18)19/h2-3,6H,1,4-5H2. The number of alkyl halides is 1. The molecule has 1 amide bonds. The van der Waals surface area contributed by atoms with Gasteiger partial charge in [-0.25, -0.2) is 4.39 Å². The summed E-state index contributed by atoms with van der Waals surface area (Å²) in [5.74, 6) is -0.961. The number of anilines is 1. The van der Waals surface area contributed by atoms with Crippen molar-refractivity contribution in [2.24, 2.45) is 5.92 Å². The molecule has 1 aromatic rings. The van der Waals surface area contributed by atoms with Crippen LogP contribution in [0.3, 0.4) is 0 Å². The van der Waals surface area contributed by atoms with Gasteiger partial charge in [0, 0.05) is 18.8 Å². The number of nitrogens with zero attached hydrogens (tertiary/aromatic N) is 2. The summed E-state index contributed by atoms with van der Waals surface area (Å²) < 4.78 is 13.3. The Bertz CT molecular complexity index is 553. The van der Waals surface area contributed by atoms with Crippen molar-refractivity contribution < 1.29 is 14.1 Å². The van der Waals surface area contributed by atoms with Crippen LogP contribution in [0.1, 0.15) is 6.42 Å². The molecule has 1 aromatic carbocycles. The van der Waals surface area contributed by atoms with Crippen molar-refractivity contribution in [2.75, 3.05) is 17.3 Å². The summed E-state index contributed by atoms with van der Waals surface area (Å²) in [6, 6.07) is 1.82. The van der Waals surface area contributed by atoms with E-state index in [-0.39, 0.29) is 41.4 Å². The van der Waals surface area contributed by atoms with E-state index in [0.717, 1.165) is 12.1 Å². The molecule has 8 heteroatoms. The summed E-state index contributed by atoms with van der Waals surface area (Å²) >= 11 is 11.3. The molecule has 102 valence electrons. The van der Waals surface area contributed by atoms with Crippen LogP contribution in [0.25, 0.3) is 0 Å². The Morgan fingerprint density at radius 3 is 2.74 bits per heavy atom. The molecule has 1 unspecified atom stereocenters. The van der Waals surface area contributed by atoms with Gasteiger partial charge in [0.15, 0.2) is 0 Å². The van der Waals surface area contributed by atoms with Gasteiger partial charge in [0.05, 0.1) is 16.0 Å². The minimum Gasteiger partial charge on any atom is -0.306 e. The van der Waals surface area contributed by atoms with Gasteiger partial charge in [0.25, 0.3) is 5.69 Å². The number of hydrogen-bond acceptors (Lipinski definition) is 3. The monoisotopic (exact) mass is 306 g/mol. The Hall–Kier alpha value is -1.40. The number of carbonyl (C=O) groups excluding carboxylic acids is 1. The molecule has 5 nitrogen and oxygen atoms in total. The van der Waals surface area contributed by atoms with E-state index in [9.17, 15) is 19.3 Å². The van der Waals surface area contributed by atoms with E-state index >= 15 is 0 Å². The van der Waals surface area contributed by atoms with E-state index in [0.29, 0.717) is 0 Å². The number of halogens is 3. The van der Waals surface area contributed by atoms with Crippen molar-refractivity contribution >= 4 is 40.5 Å². The molecule has 2 rings (SSSR count). The van der Waals surface area contributed by atoms with Crippen molar-refractivity contribution in [3.05, 3.63) is 33.1 Å². The van der Waals surface area contributed by atoms with Crippen molar-refractivity contribution in [1.29, 1.82) is 0 Å². The Balaban J connectivity index is 2.47. The largest absolute Gasteiger partial charge is 0.306 e. The molecule has 1 heterocycles. The molecule has 0 spiro atoms. The third-order valence-electron chi connectivity index (χ3n) is 2.93. The highest BCUT2D eigenvalue weighted by Gasteiger charge is 2.34. The van der Waals surface area contributed by atoms with Gasteiger partial charge in [-0.1, -0.05) is 11.6 Å². The lowest BCUT2D eigenvalue weighted by Crippen LogP contribution is -2.25. The van der Waals surface area contributed by atoms with Gasteiger partial charge < -0.3 is 4.90 Å². The minimum atomic E-state index is -0.891. The molecule has 0 radical (unpaired) electrons. The first-order chi connectivity index (χ1) is 8.93. The molecular weight excluding hydrogens is 298 g/mol. The highest BCUT2D eigenvalue weighted by atomic mass is 35.5. The molecule has 0 aliphatic carbocycles. The number of nitro benzene ring substituents is 1. The molecule has 0 aromatic heterocycles. The van der Waals surface area contributed by atoms with E-state index in [1.807, 2.05) is 0 Å². The van der Waals surface area contributed by atoms with Crippen LogP contribution in [-0.2, 0) is 4.79 Å². The van der Waals surface area contributed by atoms with Crippen LogP contribution in [-0.4, -0.2) is 23.3 Å². The van der Waals surface area contributed by atoms with Gasteiger partial charge in [-0.15, -0.1) is 11.6 Å². The molecule has 19 heavy (non-hydrogen) atoms. The zero-order valence-corrected chi connectivity index (χ0v) is 11.1. The molecule has 1 atom stereocenters. The Labute approximate surface area is 118 Å². The highest BCUT2D eigenvalue weighted by Crippen LogP contribution is 2.36. The summed E-state index contributed by atoms with van der Waals surface area (Å²) in [5, 5.41) is 10.7. The van der Waals surface area contributed by atoms with Crippen LogP contribution < -0.4 is 4.90 Å². The predicted octanol–water partition coefficient (Wildman–Crippen LogP) is 2.98. The molecule has 0 bridgehead atoms. The first-order valence-corrected chi connectivity index (χ1v) is 6.35. The Morgan fingerprint density at radius 2 is 2.21 bits per heavy atom. The Morgan fingerprint density at radius 1 is 1.53 bits per heavy atom. The lowest BCUT2D eigenvalue weighted by Gasteiger charge is -2.16. The summed E-state index contributed by atoms with van der Waals surface area (Å²) in [4.78, 5) is 23.2. The van der Waals surface area contributed by atoms with E-state index in [1.165, 1.54) is 4.90 Å². The molecular formula is C11H9Cl2FN2O3. The van der Waals surface area contributed by atoms with Crippen molar-refractivity contribution in [3.8, 4) is 0 Å². The maximum Gasteiger partial charge on any atom is 0.295 e.